The Balaban J connectivity index is 0.00000243. The lowest BCUT2D eigenvalue weighted by molar-refractivity contribution is -0.137. The molecule has 2 heterocycles. The number of amides is 1. The minimum atomic E-state index is 0. The number of likely N-dealkylation sites (tertiary alicyclic amines) is 2. The quantitative estimate of drug-likeness (QED) is 0.709. The molecule has 146 valence electrons. The Morgan fingerprint density at radius 2 is 1.73 bits per heavy atom. The Labute approximate surface area is 168 Å². The molecule has 0 radical (unpaired) electrons. The number of hydrogen-bond acceptors (Lipinski definition) is 3. The maximum Gasteiger partial charge on any atom is 0.260 e. The van der Waals surface area contributed by atoms with Gasteiger partial charge in [0, 0.05) is 24.2 Å². The number of carbonyl (C=O) groups excluding carboxylic acids is 1. The van der Waals surface area contributed by atoms with Gasteiger partial charge in [0.25, 0.3) is 5.91 Å². The molecule has 0 spiro atoms. The van der Waals surface area contributed by atoms with Crippen molar-refractivity contribution in [2.45, 2.75) is 51.0 Å². The molecule has 0 aromatic heterocycles. The van der Waals surface area contributed by atoms with Crippen molar-refractivity contribution in [2.24, 2.45) is 0 Å². The fourth-order valence-electron chi connectivity index (χ4n) is 3.90. The Bertz CT molecular complexity index is 547. The van der Waals surface area contributed by atoms with Gasteiger partial charge in [-0.25, -0.2) is 0 Å². The van der Waals surface area contributed by atoms with Crippen LogP contribution in [-0.2, 0) is 4.79 Å². The molecule has 2 aliphatic heterocycles. The van der Waals surface area contributed by atoms with Crippen molar-refractivity contribution in [1.29, 1.82) is 0 Å². The first kappa shape index (κ1) is 21.3. The van der Waals surface area contributed by atoms with E-state index in [1.807, 2.05) is 0 Å². The first-order valence-corrected chi connectivity index (χ1v) is 10.0. The Morgan fingerprint density at radius 1 is 1.04 bits per heavy atom. The van der Waals surface area contributed by atoms with E-state index in [1.165, 1.54) is 38.8 Å². The van der Waals surface area contributed by atoms with Gasteiger partial charge in [0.2, 0.25) is 0 Å². The fourth-order valence-corrected chi connectivity index (χ4v) is 4.03. The predicted molar refractivity (Wildman–Crippen MR) is 108 cm³/mol. The Morgan fingerprint density at radius 3 is 2.46 bits per heavy atom. The van der Waals surface area contributed by atoms with Crippen molar-refractivity contribution in [3.8, 4) is 5.75 Å². The molecule has 1 amide bonds. The van der Waals surface area contributed by atoms with Crippen molar-refractivity contribution >= 4 is 29.9 Å². The van der Waals surface area contributed by atoms with Gasteiger partial charge >= 0.3 is 0 Å². The van der Waals surface area contributed by atoms with E-state index in [9.17, 15) is 4.79 Å². The molecule has 0 saturated carbocycles. The van der Waals surface area contributed by atoms with E-state index in [-0.39, 0.29) is 24.9 Å². The van der Waals surface area contributed by atoms with Crippen LogP contribution in [0.2, 0.25) is 5.02 Å². The van der Waals surface area contributed by atoms with Crippen molar-refractivity contribution in [3.05, 3.63) is 29.3 Å². The molecule has 6 heteroatoms. The molecular weight excluding hydrogens is 371 g/mol. The summed E-state index contributed by atoms with van der Waals surface area (Å²) in [5, 5.41) is 0.674. The van der Waals surface area contributed by atoms with Crippen LogP contribution in [0.3, 0.4) is 0 Å². The van der Waals surface area contributed by atoms with E-state index in [0.29, 0.717) is 16.8 Å². The smallest absolute Gasteiger partial charge is 0.260 e. The van der Waals surface area contributed by atoms with E-state index in [4.69, 9.17) is 16.3 Å². The van der Waals surface area contributed by atoms with E-state index in [2.05, 4.69) is 9.80 Å². The van der Waals surface area contributed by atoms with Crippen molar-refractivity contribution in [1.82, 2.24) is 9.80 Å². The van der Waals surface area contributed by atoms with E-state index in [1.54, 1.807) is 24.3 Å². The molecule has 1 aromatic rings. The number of piperidine rings is 2. The molecule has 1 aromatic carbocycles. The molecule has 0 aliphatic carbocycles. The Kier molecular flexibility index (Phi) is 9.03. The molecule has 26 heavy (non-hydrogen) atoms. The molecule has 4 nitrogen and oxygen atoms in total. The number of benzene rings is 1. The maximum atomic E-state index is 12.7. The van der Waals surface area contributed by atoms with Crippen LogP contribution in [0, 0.1) is 0 Å². The van der Waals surface area contributed by atoms with Gasteiger partial charge in [-0.1, -0.05) is 18.0 Å². The zero-order chi connectivity index (χ0) is 17.5. The van der Waals surface area contributed by atoms with Crippen molar-refractivity contribution in [3.63, 3.8) is 0 Å². The third-order valence-corrected chi connectivity index (χ3v) is 5.60. The highest BCUT2D eigenvalue weighted by atomic mass is 35.5. The van der Waals surface area contributed by atoms with Crippen LogP contribution in [0.1, 0.15) is 44.9 Å². The van der Waals surface area contributed by atoms with Crippen LogP contribution in [-0.4, -0.2) is 54.5 Å². The molecular formula is C20H30Cl2N2O2. The lowest BCUT2D eigenvalue weighted by atomic mass is 9.98. The number of halogens is 2. The van der Waals surface area contributed by atoms with E-state index in [0.717, 1.165) is 32.4 Å². The summed E-state index contributed by atoms with van der Waals surface area (Å²) in [4.78, 5) is 17.3. The van der Waals surface area contributed by atoms with Gasteiger partial charge in [0.15, 0.2) is 6.61 Å². The van der Waals surface area contributed by atoms with Gasteiger partial charge in [-0.15, -0.1) is 12.4 Å². The van der Waals surface area contributed by atoms with Crippen LogP contribution in [0.25, 0.3) is 0 Å². The number of nitrogens with zero attached hydrogens (tertiary/aromatic N) is 2. The second kappa shape index (κ2) is 11.0. The van der Waals surface area contributed by atoms with Gasteiger partial charge in [-0.2, -0.15) is 0 Å². The standard InChI is InChI=1S/C20H29ClN2O2.ClH/c21-17-7-9-19(10-8-17)25-16-20(24)23-14-5-2-6-18(23)11-15-22-12-3-1-4-13-22;/h7-10,18H,1-6,11-16H2;1H. The van der Waals surface area contributed by atoms with Gasteiger partial charge < -0.3 is 14.5 Å². The van der Waals surface area contributed by atoms with Crippen LogP contribution in [0.4, 0.5) is 0 Å². The molecule has 2 aliphatic rings. The van der Waals surface area contributed by atoms with E-state index >= 15 is 0 Å². The summed E-state index contributed by atoms with van der Waals surface area (Å²) >= 11 is 5.88. The van der Waals surface area contributed by atoms with Crippen LogP contribution < -0.4 is 4.74 Å². The molecule has 3 rings (SSSR count). The molecule has 1 unspecified atom stereocenters. The zero-order valence-corrected chi connectivity index (χ0v) is 16.9. The lowest BCUT2D eigenvalue weighted by Gasteiger charge is -2.37. The number of hydrogen-bond donors (Lipinski definition) is 0. The molecule has 0 bridgehead atoms. The number of carbonyl (C=O) groups is 1. The van der Waals surface area contributed by atoms with Gasteiger partial charge in [0.1, 0.15) is 5.75 Å². The Hall–Kier alpha value is -0.970. The minimum Gasteiger partial charge on any atom is -0.484 e. The van der Waals surface area contributed by atoms with Gasteiger partial charge in [0.05, 0.1) is 0 Å². The summed E-state index contributed by atoms with van der Waals surface area (Å²) in [6.45, 7) is 4.54. The molecule has 2 fully saturated rings. The van der Waals surface area contributed by atoms with Crippen LogP contribution >= 0.6 is 24.0 Å². The van der Waals surface area contributed by atoms with Crippen LogP contribution in [0.5, 0.6) is 5.75 Å². The first-order chi connectivity index (χ1) is 12.2. The predicted octanol–water partition coefficient (Wildman–Crippen LogP) is 4.40. The minimum absolute atomic E-state index is 0. The second-order valence-electron chi connectivity index (χ2n) is 7.17. The molecule has 2 saturated heterocycles. The maximum absolute atomic E-state index is 12.7. The summed E-state index contributed by atoms with van der Waals surface area (Å²) in [7, 11) is 0. The largest absolute Gasteiger partial charge is 0.484 e. The highest BCUT2D eigenvalue weighted by Gasteiger charge is 2.27. The summed E-state index contributed by atoms with van der Waals surface area (Å²) in [6.07, 6.45) is 8.56. The monoisotopic (exact) mass is 400 g/mol. The van der Waals surface area contributed by atoms with Crippen molar-refractivity contribution < 1.29 is 9.53 Å². The SMILES string of the molecule is Cl.O=C(COc1ccc(Cl)cc1)N1CCCCC1CCN1CCCCC1. The molecule has 1 atom stereocenters. The van der Waals surface area contributed by atoms with Gasteiger partial charge in [-0.3, -0.25) is 4.79 Å². The summed E-state index contributed by atoms with van der Waals surface area (Å²) < 4.78 is 5.66. The summed E-state index contributed by atoms with van der Waals surface area (Å²) in [5.74, 6) is 0.804. The zero-order valence-electron chi connectivity index (χ0n) is 15.4. The average Bonchev–Trinajstić information content (AvgIpc) is 2.67. The number of ether oxygens (including phenoxy) is 1. The lowest BCUT2D eigenvalue weighted by Crippen LogP contribution is -2.47. The second-order valence-corrected chi connectivity index (χ2v) is 7.61. The van der Waals surface area contributed by atoms with Crippen LogP contribution in [0.15, 0.2) is 24.3 Å². The average molecular weight is 401 g/mol. The molecule has 0 N–H and O–H groups in total. The third kappa shape index (κ3) is 6.33. The highest BCUT2D eigenvalue weighted by Crippen LogP contribution is 2.22. The topological polar surface area (TPSA) is 32.8 Å². The highest BCUT2D eigenvalue weighted by molar-refractivity contribution is 6.30. The van der Waals surface area contributed by atoms with Crippen molar-refractivity contribution in [2.75, 3.05) is 32.8 Å². The first-order valence-electron chi connectivity index (χ1n) is 9.62. The summed E-state index contributed by atoms with van der Waals surface area (Å²) in [6, 6.07) is 7.55. The fraction of sp³-hybridized carbons (Fsp3) is 0.650. The van der Waals surface area contributed by atoms with Gasteiger partial charge in [-0.05, 0) is 75.9 Å². The van der Waals surface area contributed by atoms with E-state index < -0.39 is 0 Å². The summed E-state index contributed by atoms with van der Waals surface area (Å²) in [5.41, 5.74) is 0. The third-order valence-electron chi connectivity index (χ3n) is 5.35. The number of rotatable bonds is 6. The normalized spacial score (nSPS) is 21.1.